The van der Waals surface area contributed by atoms with Crippen LogP contribution in [0.4, 0.5) is 57.9 Å². The number of nitrogens with one attached hydrogen (secondary N) is 5. The molecule has 0 fully saturated rings. The predicted molar refractivity (Wildman–Crippen MR) is 319 cm³/mol. The van der Waals surface area contributed by atoms with Gasteiger partial charge in [0.2, 0.25) is 17.7 Å². The zero-order valence-corrected chi connectivity index (χ0v) is 47.7. The van der Waals surface area contributed by atoms with Gasteiger partial charge in [-0.1, -0.05) is 41.5 Å². The van der Waals surface area contributed by atoms with Crippen molar-refractivity contribution in [1.82, 2.24) is 39.9 Å². The first-order chi connectivity index (χ1) is 38.8. The van der Waals surface area contributed by atoms with Crippen molar-refractivity contribution in [2.24, 2.45) is 32.7 Å². The molecule has 7 heterocycles. The number of methoxy groups -OCH3 is 3. The van der Waals surface area contributed by atoms with E-state index in [-0.39, 0.29) is 35.5 Å². The molecule has 0 saturated heterocycles. The van der Waals surface area contributed by atoms with E-state index in [0.29, 0.717) is 71.1 Å². The maximum absolute atomic E-state index is 11.8. The second kappa shape index (κ2) is 29.3. The molecule has 7 aromatic rings. The summed E-state index contributed by atoms with van der Waals surface area (Å²) in [7, 11) is 4.91. The molecule has 3 amide bonds. The van der Waals surface area contributed by atoms with Crippen LogP contribution in [0.15, 0.2) is 105 Å². The standard InChI is InChI=1S/2C17H19N5O2.C9H8BrNO.C8H12N4O.C4H6N4/c2*1-10(2)17(23)22-16-6-15(19-9-20-16)21-13-4-11-7-18-8-12(11)5-14(13)24-3;1-12-9-3-7-5-11-4-6(7)2-8(9)10;1-5(2)8(13)12-7-3-6(9)10-4-11-7;5-3-1-4(6)8-2-7-3/h2*4-7,9-10H,8H2,1-3H3,(H2,19,20,21,22,23);2-4H,5H2,1H3;3-5H,1-2H3,(H3,9,10,11,12,13);1-2H,(H4,5,6,7,8). The van der Waals surface area contributed by atoms with Gasteiger partial charge in [0.25, 0.3) is 0 Å². The van der Waals surface area contributed by atoms with Gasteiger partial charge in [0.05, 0.1) is 56.8 Å². The Hall–Kier alpha value is -9.72. The Labute approximate surface area is 476 Å². The summed E-state index contributed by atoms with van der Waals surface area (Å²) in [6.45, 7) is 13.0. The van der Waals surface area contributed by atoms with Gasteiger partial charge in [-0.2, -0.15) is 0 Å². The van der Waals surface area contributed by atoms with E-state index in [1.54, 1.807) is 47.3 Å². The van der Waals surface area contributed by atoms with Gasteiger partial charge >= 0.3 is 0 Å². The van der Waals surface area contributed by atoms with Gasteiger partial charge in [-0.3, -0.25) is 29.4 Å². The first-order valence-corrected chi connectivity index (χ1v) is 25.9. The highest BCUT2D eigenvalue weighted by molar-refractivity contribution is 9.10. The van der Waals surface area contributed by atoms with Gasteiger partial charge in [-0.05, 0) is 85.7 Å². The van der Waals surface area contributed by atoms with Gasteiger partial charge in [0.15, 0.2) is 0 Å². The SMILES string of the molecule is CC(C)C(=O)Nc1cc(N)ncn1.COc1cc2c(cc1Br)C=NC2.COc1cc2c(cc1Nc1cc(NC(=O)C(C)C)ncn1)C=NC2.COc1cc2c(cc1Nc1cc(NC(=O)C(C)C)ncn1)C=NC2.Nc1cc(N)ncn1. The van der Waals surface area contributed by atoms with Crippen LogP contribution in [0.2, 0.25) is 0 Å². The molecule has 0 radical (unpaired) electrons. The largest absolute Gasteiger partial charge is 0.496 e. The molecule has 26 heteroatoms. The number of hydrogen-bond donors (Lipinski definition) is 8. The van der Waals surface area contributed by atoms with E-state index >= 15 is 0 Å². The van der Waals surface area contributed by atoms with Crippen LogP contribution in [0.1, 0.15) is 74.9 Å². The number of nitrogen functional groups attached to an aromatic ring is 3. The minimum absolute atomic E-state index is 0.0730. The number of carbonyl (C=O) groups excluding carboxylic acids is 3. The second-order valence-corrected chi connectivity index (χ2v) is 19.4. The average Bonchev–Trinajstić information content (AvgIpc) is 4.26. The molecule has 3 aromatic carbocycles. The summed E-state index contributed by atoms with van der Waals surface area (Å²) in [6.07, 6.45) is 11.0. The lowest BCUT2D eigenvalue weighted by Gasteiger charge is -2.13. The lowest BCUT2D eigenvalue weighted by molar-refractivity contribution is -0.119. The number of benzene rings is 3. The highest BCUT2D eigenvalue weighted by Gasteiger charge is 2.17. The third-order valence-corrected chi connectivity index (χ3v) is 12.0. The monoisotopic (exact) mass is 1170 g/mol. The molecule has 0 atom stereocenters. The molecule has 3 aliphatic heterocycles. The molecular formula is C55H64BrN19O6. The van der Waals surface area contributed by atoms with Crippen LogP contribution in [-0.2, 0) is 34.0 Å². The van der Waals surface area contributed by atoms with Crippen molar-refractivity contribution in [3.05, 3.63) is 124 Å². The fourth-order valence-electron chi connectivity index (χ4n) is 6.98. The third-order valence-electron chi connectivity index (χ3n) is 11.4. The van der Waals surface area contributed by atoms with Crippen LogP contribution in [-0.4, -0.2) is 97.6 Å². The first-order valence-electron chi connectivity index (χ1n) is 25.1. The van der Waals surface area contributed by atoms with Crippen LogP contribution in [0, 0.1) is 17.8 Å². The predicted octanol–water partition coefficient (Wildman–Crippen LogP) is 8.20. The number of nitrogens with two attached hydrogens (primary N) is 3. The quantitative estimate of drug-likeness (QED) is 0.0539. The normalized spacial score (nSPS) is 11.7. The Balaban J connectivity index is 0.000000172. The number of aliphatic imine (C=N–C) groups is 3. The van der Waals surface area contributed by atoms with E-state index in [9.17, 15) is 14.4 Å². The number of fused-ring (bicyclic) bond motifs is 3. The Kier molecular flexibility index (Phi) is 21.9. The molecule has 0 aliphatic carbocycles. The van der Waals surface area contributed by atoms with Crippen LogP contribution < -0.4 is 58.0 Å². The van der Waals surface area contributed by atoms with Crippen molar-refractivity contribution in [3.63, 3.8) is 0 Å². The Morgan fingerprint density at radius 3 is 1.10 bits per heavy atom. The highest BCUT2D eigenvalue weighted by Crippen LogP contribution is 2.34. The fraction of sp³-hybridized carbons (Fsp3) is 0.273. The minimum atomic E-state index is -0.118. The molecule has 25 nitrogen and oxygen atoms in total. The number of ether oxygens (including phenoxy) is 3. The lowest BCUT2D eigenvalue weighted by Crippen LogP contribution is -2.18. The van der Waals surface area contributed by atoms with Gasteiger partial charge in [0, 0.05) is 60.7 Å². The summed E-state index contributed by atoms with van der Waals surface area (Å²) >= 11 is 3.42. The highest BCUT2D eigenvalue weighted by atomic mass is 79.9. The van der Waals surface area contributed by atoms with Crippen LogP contribution in [0.5, 0.6) is 17.2 Å². The van der Waals surface area contributed by atoms with Gasteiger partial charge in [0.1, 0.15) is 89.1 Å². The first kappa shape index (κ1) is 60.5. The summed E-state index contributed by atoms with van der Waals surface area (Å²) in [5.74, 6) is 5.34. The number of hydrogen-bond acceptors (Lipinski definition) is 22. The maximum Gasteiger partial charge on any atom is 0.228 e. The number of nitrogens with zero attached hydrogens (tertiary/aromatic N) is 11. The summed E-state index contributed by atoms with van der Waals surface area (Å²) in [5.41, 5.74) is 24.2. The maximum atomic E-state index is 11.8. The van der Waals surface area contributed by atoms with E-state index in [0.717, 1.165) is 50.4 Å². The Morgan fingerprint density at radius 1 is 0.432 bits per heavy atom. The summed E-state index contributed by atoms with van der Waals surface area (Å²) in [4.78, 5) is 78.8. The number of aromatic nitrogens is 8. The number of halogens is 1. The molecule has 0 spiro atoms. The molecule has 0 bridgehead atoms. The van der Waals surface area contributed by atoms with Crippen molar-refractivity contribution < 1.29 is 28.6 Å². The van der Waals surface area contributed by atoms with Crippen molar-refractivity contribution in [3.8, 4) is 17.2 Å². The van der Waals surface area contributed by atoms with E-state index in [1.807, 2.05) is 82.7 Å². The molecule has 3 aliphatic rings. The molecule has 10 rings (SSSR count). The molecule has 0 saturated carbocycles. The van der Waals surface area contributed by atoms with Crippen molar-refractivity contribution >= 4 is 110 Å². The third kappa shape index (κ3) is 18.2. The minimum Gasteiger partial charge on any atom is -0.496 e. The summed E-state index contributed by atoms with van der Waals surface area (Å²) in [6, 6.07) is 18.3. The number of anilines is 10. The van der Waals surface area contributed by atoms with Crippen molar-refractivity contribution in [2.45, 2.75) is 61.2 Å². The molecule has 11 N–H and O–H groups in total. The topological polar surface area (TPSA) is 357 Å². The Bertz CT molecular complexity index is 3280. The number of rotatable bonds is 13. The lowest BCUT2D eigenvalue weighted by atomic mass is 10.1. The van der Waals surface area contributed by atoms with E-state index in [4.69, 9.17) is 31.4 Å². The number of carbonyl (C=O) groups is 3. The van der Waals surface area contributed by atoms with Crippen LogP contribution in [0.25, 0.3) is 0 Å². The Morgan fingerprint density at radius 2 is 0.753 bits per heavy atom. The molecule has 0 unspecified atom stereocenters. The summed E-state index contributed by atoms with van der Waals surface area (Å²) in [5, 5.41) is 14.5. The molecule has 4 aromatic heterocycles. The van der Waals surface area contributed by atoms with Crippen molar-refractivity contribution in [1.29, 1.82) is 0 Å². The van der Waals surface area contributed by atoms with Gasteiger partial charge < -0.3 is 58.0 Å². The zero-order chi connectivity index (χ0) is 58.6. The van der Waals surface area contributed by atoms with E-state index in [1.165, 1.54) is 48.6 Å². The van der Waals surface area contributed by atoms with Crippen LogP contribution in [0.3, 0.4) is 0 Å². The summed E-state index contributed by atoms with van der Waals surface area (Å²) < 4.78 is 17.0. The molecule has 81 heavy (non-hydrogen) atoms. The number of amides is 3. The fourth-order valence-corrected chi connectivity index (χ4v) is 7.50. The molecular weight excluding hydrogens is 1100 g/mol. The average molecular weight is 1170 g/mol. The van der Waals surface area contributed by atoms with Gasteiger partial charge in [-0.25, -0.2) is 39.9 Å². The van der Waals surface area contributed by atoms with Crippen LogP contribution >= 0.6 is 15.9 Å². The molecule has 422 valence electrons. The van der Waals surface area contributed by atoms with Crippen molar-refractivity contribution in [2.75, 3.05) is 65.1 Å². The van der Waals surface area contributed by atoms with E-state index in [2.05, 4.69) is 97.4 Å². The zero-order valence-electron chi connectivity index (χ0n) is 46.1. The second-order valence-electron chi connectivity index (χ2n) is 18.6. The van der Waals surface area contributed by atoms with Gasteiger partial charge in [-0.15, -0.1) is 0 Å². The van der Waals surface area contributed by atoms with E-state index < -0.39 is 0 Å². The smallest absolute Gasteiger partial charge is 0.228 e.